The van der Waals surface area contributed by atoms with Crippen LogP contribution in [0.15, 0.2) is 34.8 Å². The van der Waals surface area contributed by atoms with Crippen LogP contribution < -0.4 is 10.1 Å². The summed E-state index contributed by atoms with van der Waals surface area (Å²) in [6.07, 6.45) is 1.23. The summed E-state index contributed by atoms with van der Waals surface area (Å²) in [5, 5.41) is 3.64. The van der Waals surface area contributed by atoms with Crippen molar-refractivity contribution in [2.75, 3.05) is 12.4 Å². The number of carbonyl (C=O) groups is 1. The van der Waals surface area contributed by atoms with Gasteiger partial charge in [-0.05, 0) is 51.7 Å². The second kappa shape index (κ2) is 5.70. The van der Waals surface area contributed by atoms with Gasteiger partial charge in [0.2, 0.25) is 5.91 Å². The van der Waals surface area contributed by atoms with E-state index in [1.54, 1.807) is 7.11 Å². The van der Waals surface area contributed by atoms with E-state index in [1.165, 1.54) is 0 Å². The molecule has 0 atom stereocenters. The third-order valence-corrected chi connectivity index (χ3v) is 4.38. The molecular formula is C16H13BrClNO2. The van der Waals surface area contributed by atoms with Crippen molar-refractivity contribution in [3.63, 3.8) is 0 Å². The molecular weight excluding hydrogens is 354 g/mol. The molecule has 0 aliphatic carbocycles. The highest BCUT2D eigenvalue weighted by molar-refractivity contribution is 9.10. The molecule has 2 aromatic carbocycles. The molecule has 1 heterocycles. The lowest BCUT2D eigenvalue weighted by atomic mass is 9.94. The standard InChI is InChI=1S/C16H13BrClNO2/c1-21-16-12(17)8-10-4-7-13(20)19-15(10)14(16)9-2-5-11(18)6-3-9/h2-3,5-6,8H,4,7H2,1H3,(H,19,20). The van der Waals surface area contributed by atoms with Gasteiger partial charge in [-0.1, -0.05) is 23.7 Å². The summed E-state index contributed by atoms with van der Waals surface area (Å²) in [4.78, 5) is 11.8. The maximum atomic E-state index is 11.8. The third kappa shape index (κ3) is 2.65. The molecule has 1 aliphatic rings. The van der Waals surface area contributed by atoms with Gasteiger partial charge in [-0.25, -0.2) is 0 Å². The molecule has 0 unspecified atom stereocenters. The highest BCUT2D eigenvalue weighted by Crippen LogP contribution is 2.45. The summed E-state index contributed by atoms with van der Waals surface area (Å²) in [5.41, 5.74) is 3.77. The van der Waals surface area contributed by atoms with Gasteiger partial charge < -0.3 is 10.1 Å². The Bertz CT molecular complexity index is 713. The first-order valence-corrected chi connectivity index (χ1v) is 7.72. The molecule has 0 spiro atoms. The van der Waals surface area contributed by atoms with E-state index in [1.807, 2.05) is 30.3 Å². The Morgan fingerprint density at radius 3 is 2.62 bits per heavy atom. The van der Waals surface area contributed by atoms with Gasteiger partial charge in [0.15, 0.2) is 0 Å². The van der Waals surface area contributed by atoms with Crippen LogP contribution in [0.5, 0.6) is 5.75 Å². The number of halogens is 2. The van der Waals surface area contributed by atoms with E-state index in [2.05, 4.69) is 21.2 Å². The average molecular weight is 367 g/mol. The van der Waals surface area contributed by atoms with Gasteiger partial charge in [-0.2, -0.15) is 0 Å². The largest absolute Gasteiger partial charge is 0.495 e. The van der Waals surface area contributed by atoms with Crippen molar-refractivity contribution >= 4 is 39.1 Å². The summed E-state index contributed by atoms with van der Waals surface area (Å²) in [6.45, 7) is 0. The van der Waals surface area contributed by atoms with Crippen molar-refractivity contribution in [1.29, 1.82) is 0 Å². The molecule has 0 radical (unpaired) electrons. The molecule has 3 nitrogen and oxygen atoms in total. The predicted octanol–water partition coefficient (Wildman–Crippen LogP) is 4.66. The number of nitrogens with one attached hydrogen (secondary N) is 1. The van der Waals surface area contributed by atoms with Crippen LogP contribution in [0.25, 0.3) is 11.1 Å². The number of aryl methyl sites for hydroxylation is 1. The van der Waals surface area contributed by atoms with Crippen LogP contribution in [0.2, 0.25) is 5.02 Å². The Morgan fingerprint density at radius 2 is 1.95 bits per heavy atom. The first-order chi connectivity index (χ1) is 10.1. The van der Waals surface area contributed by atoms with Crippen molar-refractivity contribution < 1.29 is 9.53 Å². The number of ether oxygens (including phenoxy) is 1. The Kier molecular flexibility index (Phi) is 3.91. The van der Waals surface area contributed by atoms with Crippen molar-refractivity contribution in [2.45, 2.75) is 12.8 Å². The van der Waals surface area contributed by atoms with Gasteiger partial charge in [0.1, 0.15) is 5.75 Å². The van der Waals surface area contributed by atoms with Crippen molar-refractivity contribution in [3.05, 3.63) is 45.4 Å². The number of rotatable bonds is 2. The number of methoxy groups -OCH3 is 1. The monoisotopic (exact) mass is 365 g/mol. The van der Waals surface area contributed by atoms with E-state index in [4.69, 9.17) is 16.3 Å². The predicted molar refractivity (Wildman–Crippen MR) is 88.1 cm³/mol. The van der Waals surface area contributed by atoms with Gasteiger partial charge in [0, 0.05) is 17.0 Å². The molecule has 0 aromatic heterocycles. The second-order valence-corrected chi connectivity index (χ2v) is 6.15. The topological polar surface area (TPSA) is 38.3 Å². The quantitative estimate of drug-likeness (QED) is 0.839. The van der Waals surface area contributed by atoms with Crippen LogP contribution in [0.3, 0.4) is 0 Å². The molecule has 1 amide bonds. The highest BCUT2D eigenvalue weighted by Gasteiger charge is 2.24. The van der Waals surface area contributed by atoms with E-state index in [9.17, 15) is 4.79 Å². The van der Waals surface area contributed by atoms with Crippen molar-refractivity contribution in [3.8, 4) is 16.9 Å². The molecule has 1 aliphatic heterocycles. The zero-order chi connectivity index (χ0) is 15.0. The van der Waals surface area contributed by atoms with Crippen molar-refractivity contribution in [1.82, 2.24) is 0 Å². The Balaban J connectivity index is 2.27. The fraction of sp³-hybridized carbons (Fsp3) is 0.188. The Morgan fingerprint density at radius 1 is 1.24 bits per heavy atom. The first-order valence-electron chi connectivity index (χ1n) is 6.55. The molecule has 0 bridgehead atoms. The van der Waals surface area contributed by atoms with Crippen molar-refractivity contribution in [2.24, 2.45) is 0 Å². The molecule has 3 rings (SSSR count). The van der Waals surface area contributed by atoms with Gasteiger partial charge in [-0.3, -0.25) is 4.79 Å². The summed E-state index contributed by atoms with van der Waals surface area (Å²) >= 11 is 9.51. The van der Waals surface area contributed by atoms with Crippen LogP contribution in [0, 0.1) is 0 Å². The first kappa shape index (κ1) is 14.4. The number of hydrogen-bond donors (Lipinski definition) is 1. The smallest absolute Gasteiger partial charge is 0.224 e. The van der Waals surface area contributed by atoms with E-state index >= 15 is 0 Å². The number of fused-ring (bicyclic) bond motifs is 1. The molecule has 0 saturated heterocycles. The SMILES string of the molecule is COc1c(Br)cc2c(c1-c1ccc(Cl)cc1)NC(=O)CC2. The van der Waals surface area contributed by atoms with Gasteiger partial charge in [0.05, 0.1) is 17.3 Å². The number of hydrogen-bond acceptors (Lipinski definition) is 2. The lowest BCUT2D eigenvalue weighted by molar-refractivity contribution is -0.116. The van der Waals surface area contributed by atoms with E-state index in [0.717, 1.165) is 33.3 Å². The molecule has 1 N–H and O–H groups in total. The Labute approximate surface area is 136 Å². The molecule has 108 valence electrons. The zero-order valence-electron chi connectivity index (χ0n) is 11.4. The third-order valence-electron chi connectivity index (χ3n) is 3.54. The van der Waals surface area contributed by atoms with E-state index < -0.39 is 0 Å². The molecule has 0 saturated carbocycles. The Hall–Kier alpha value is -1.52. The second-order valence-electron chi connectivity index (χ2n) is 4.86. The summed E-state index contributed by atoms with van der Waals surface area (Å²) in [7, 11) is 1.62. The van der Waals surface area contributed by atoms with Gasteiger partial charge in [0.25, 0.3) is 0 Å². The van der Waals surface area contributed by atoms with E-state index in [0.29, 0.717) is 17.2 Å². The summed E-state index contributed by atoms with van der Waals surface area (Å²) in [5.74, 6) is 0.736. The summed E-state index contributed by atoms with van der Waals surface area (Å²) < 4.78 is 6.41. The summed E-state index contributed by atoms with van der Waals surface area (Å²) in [6, 6.07) is 9.51. The maximum absolute atomic E-state index is 11.8. The van der Waals surface area contributed by atoms with Crippen LogP contribution >= 0.6 is 27.5 Å². The van der Waals surface area contributed by atoms with E-state index in [-0.39, 0.29) is 5.91 Å². The molecule has 2 aromatic rings. The number of benzene rings is 2. The number of amides is 1. The van der Waals surface area contributed by atoms with Crippen LogP contribution in [-0.2, 0) is 11.2 Å². The fourth-order valence-corrected chi connectivity index (χ4v) is 3.33. The highest BCUT2D eigenvalue weighted by atomic mass is 79.9. The number of carbonyl (C=O) groups excluding carboxylic acids is 1. The van der Waals surface area contributed by atoms with Gasteiger partial charge in [-0.15, -0.1) is 0 Å². The average Bonchev–Trinajstić information content (AvgIpc) is 2.47. The minimum Gasteiger partial charge on any atom is -0.495 e. The van der Waals surface area contributed by atoms with Crippen LogP contribution in [0.4, 0.5) is 5.69 Å². The van der Waals surface area contributed by atoms with Gasteiger partial charge >= 0.3 is 0 Å². The lowest BCUT2D eigenvalue weighted by Crippen LogP contribution is -2.20. The fourth-order valence-electron chi connectivity index (χ4n) is 2.57. The number of anilines is 1. The minimum absolute atomic E-state index is 0.0297. The molecule has 0 fully saturated rings. The normalized spacial score (nSPS) is 13.6. The molecule has 5 heteroatoms. The van der Waals surface area contributed by atoms with Crippen LogP contribution in [-0.4, -0.2) is 13.0 Å². The zero-order valence-corrected chi connectivity index (χ0v) is 13.7. The maximum Gasteiger partial charge on any atom is 0.224 e. The lowest BCUT2D eigenvalue weighted by Gasteiger charge is -2.23. The van der Waals surface area contributed by atoms with Crippen LogP contribution in [0.1, 0.15) is 12.0 Å². The minimum atomic E-state index is 0.0297. The molecule has 21 heavy (non-hydrogen) atoms.